The third-order valence-electron chi connectivity index (χ3n) is 3.32. The van der Waals surface area contributed by atoms with Gasteiger partial charge in [0.25, 0.3) is 5.91 Å². The van der Waals surface area contributed by atoms with Crippen LogP contribution in [0.4, 0.5) is 9.18 Å². The minimum atomic E-state index is -1.11. The lowest BCUT2D eigenvalue weighted by Crippen LogP contribution is -2.38. The summed E-state index contributed by atoms with van der Waals surface area (Å²) in [5, 5.41) is 0. The second-order valence-electron chi connectivity index (χ2n) is 5.12. The van der Waals surface area contributed by atoms with E-state index in [1.807, 2.05) is 0 Å². The molecule has 1 aliphatic rings. The van der Waals surface area contributed by atoms with E-state index < -0.39 is 42.2 Å². The van der Waals surface area contributed by atoms with Crippen LogP contribution in [0.1, 0.15) is 17.3 Å². The van der Waals surface area contributed by atoms with E-state index >= 15 is 0 Å². The molecule has 1 saturated heterocycles. The Hall–Kier alpha value is -2.77. The predicted molar refractivity (Wildman–Crippen MR) is 76.0 cm³/mol. The van der Waals surface area contributed by atoms with Crippen molar-refractivity contribution in [1.29, 1.82) is 0 Å². The number of likely N-dealkylation sites (N-methyl/N-ethyl adjacent to an activating group) is 1. The number of esters is 1. The number of ketones is 1. The van der Waals surface area contributed by atoms with Gasteiger partial charge in [0.2, 0.25) is 5.78 Å². The number of halogens is 1. The fraction of sp³-hybridized carbons (Fsp3) is 0.333. The Bertz CT molecular complexity index is 658. The first-order valence-corrected chi connectivity index (χ1v) is 6.84. The zero-order chi connectivity index (χ0) is 17.1. The van der Waals surface area contributed by atoms with Crippen molar-refractivity contribution in [2.24, 2.45) is 0 Å². The van der Waals surface area contributed by atoms with Crippen molar-refractivity contribution in [3.63, 3.8) is 0 Å². The van der Waals surface area contributed by atoms with Gasteiger partial charge in [-0.15, -0.1) is 0 Å². The fourth-order valence-electron chi connectivity index (χ4n) is 2.09. The molecule has 1 fully saturated rings. The monoisotopic (exact) mass is 322 g/mol. The lowest BCUT2D eigenvalue weighted by molar-refractivity contribution is -0.149. The highest BCUT2D eigenvalue weighted by Gasteiger charge is 2.35. The van der Waals surface area contributed by atoms with E-state index in [-0.39, 0.29) is 12.1 Å². The molecule has 0 radical (unpaired) electrons. The summed E-state index contributed by atoms with van der Waals surface area (Å²) in [7, 11) is 1.44. The molecule has 1 aromatic rings. The highest BCUT2D eigenvalue weighted by Crippen LogP contribution is 2.11. The molecule has 0 unspecified atom stereocenters. The average molecular weight is 322 g/mol. The number of imide groups is 1. The van der Waals surface area contributed by atoms with Crippen LogP contribution < -0.4 is 0 Å². The first kappa shape index (κ1) is 16.6. The Labute approximate surface area is 131 Å². The summed E-state index contributed by atoms with van der Waals surface area (Å²) in [6, 6.07) is 4.22. The van der Waals surface area contributed by atoms with Gasteiger partial charge in [-0.25, -0.2) is 9.18 Å². The van der Waals surface area contributed by atoms with Gasteiger partial charge in [-0.2, -0.15) is 0 Å². The van der Waals surface area contributed by atoms with Crippen LogP contribution in [0.2, 0.25) is 0 Å². The molecule has 0 saturated carbocycles. The van der Waals surface area contributed by atoms with Gasteiger partial charge in [0.15, 0.2) is 6.10 Å². The minimum absolute atomic E-state index is 0.101. The van der Waals surface area contributed by atoms with Gasteiger partial charge in [0.1, 0.15) is 18.9 Å². The first-order valence-electron chi connectivity index (χ1n) is 6.84. The van der Waals surface area contributed by atoms with Crippen LogP contribution in [-0.2, 0) is 14.3 Å². The van der Waals surface area contributed by atoms with Gasteiger partial charge in [-0.3, -0.25) is 19.3 Å². The van der Waals surface area contributed by atoms with Gasteiger partial charge in [-0.05, 0) is 31.2 Å². The normalized spacial score (nSPS) is 15.8. The number of Topliss-reactive ketones (excluding diaryl/α,β-unsaturated/α-hetero) is 1. The second kappa shape index (κ2) is 6.55. The lowest BCUT2D eigenvalue weighted by atomic mass is 10.1. The Morgan fingerprint density at radius 2 is 1.87 bits per heavy atom. The van der Waals surface area contributed by atoms with Crippen molar-refractivity contribution < 1.29 is 28.3 Å². The largest absolute Gasteiger partial charge is 0.453 e. The predicted octanol–water partition coefficient (Wildman–Crippen LogP) is 0.834. The van der Waals surface area contributed by atoms with Crippen molar-refractivity contribution in [3.8, 4) is 0 Å². The van der Waals surface area contributed by atoms with Gasteiger partial charge < -0.3 is 9.64 Å². The lowest BCUT2D eigenvalue weighted by Gasteiger charge is -2.16. The topological polar surface area (TPSA) is 84.0 Å². The molecule has 122 valence electrons. The maximum atomic E-state index is 12.8. The van der Waals surface area contributed by atoms with Gasteiger partial charge >= 0.3 is 12.0 Å². The number of amides is 3. The van der Waals surface area contributed by atoms with Crippen molar-refractivity contribution >= 4 is 23.7 Å². The molecule has 0 spiro atoms. The Morgan fingerprint density at radius 3 is 2.39 bits per heavy atom. The van der Waals surface area contributed by atoms with Crippen molar-refractivity contribution in [1.82, 2.24) is 9.80 Å². The third-order valence-corrected chi connectivity index (χ3v) is 3.32. The third kappa shape index (κ3) is 3.71. The molecular weight excluding hydrogens is 307 g/mol. The summed E-state index contributed by atoms with van der Waals surface area (Å²) in [6.07, 6.45) is -1.11. The number of hydrogen-bond acceptors (Lipinski definition) is 5. The number of rotatable bonds is 5. The Kier molecular flexibility index (Phi) is 4.73. The number of ether oxygens (including phenoxy) is 1. The maximum Gasteiger partial charge on any atom is 0.327 e. The molecule has 3 amide bonds. The molecule has 7 nitrogen and oxygen atoms in total. The molecule has 1 aliphatic heterocycles. The smallest absolute Gasteiger partial charge is 0.327 e. The van der Waals surface area contributed by atoms with E-state index in [4.69, 9.17) is 4.74 Å². The summed E-state index contributed by atoms with van der Waals surface area (Å²) in [5.41, 5.74) is 0.194. The summed E-state index contributed by atoms with van der Waals surface area (Å²) in [6.45, 7) is 0.711. The number of carbonyl (C=O) groups excluding carboxylic acids is 4. The summed E-state index contributed by atoms with van der Waals surface area (Å²) in [5.74, 6) is -2.37. The van der Waals surface area contributed by atoms with Crippen LogP contribution in [-0.4, -0.2) is 59.7 Å². The quantitative estimate of drug-likeness (QED) is 0.455. The molecule has 23 heavy (non-hydrogen) atoms. The maximum absolute atomic E-state index is 12.8. The summed E-state index contributed by atoms with van der Waals surface area (Å²) >= 11 is 0. The van der Waals surface area contributed by atoms with Gasteiger partial charge in [-0.1, -0.05) is 0 Å². The van der Waals surface area contributed by atoms with Crippen LogP contribution in [0, 0.1) is 5.82 Å². The number of carbonyl (C=O) groups is 4. The number of hydrogen-bond donors (Lipinski definition) is 0. The fourth-order valence-corrected chi connectivity index (χ4v) is 2.09. The van der Waals surface area contributed by atoms with E-state index in [0.717, 1.165) is 17.0 Å². The van der Waals surface area contributed by atoms with Gasteiger partial charge in [0, 0.05) is 12.6 Å². The molecular formula is C15H15FN2O5. The van der Waals surface area contributed by atoms with Gasteiger partial charge in [0.05, 0.1) is 0 Å². The standard InChI is InChI=1S/C15H15FN2O5/c1-9(14(21)10-3-5-11(16)6-4-10)23-13(20)8-18-12(19)7-17(2)15(18)22/h3-6,9H,7-8H2,1-2H3/t9-/m0/s1. The Morgan fingerprint density at radius 1 is 1.26 bits per heavy atom. The zero-order valence-electron chi connectivity index (χ0n) is 12.6. The van der Waals surface area contributed by atoms with Crippen LogP contribution in [0.3, 0.4) is 0 Å². The first-order chi connectivity index (χ1) is 10.8. The number of urea groups is 1. The number of benzene rings is 1. The summed E-state index contributed by atoms with van der Waals surface area (Å²) in [4.78, 5) is 49.0. The molecule has 8 heteroatoms. The molecule has 1 aromatic carbocycles. The van der Waals surface area contributed by atoms with Crippen molar-refractivity contribution in [3.05, 3.63) is 35.6 Å². The van der Waals surface area contributed by atoms with Crippen LogP contribution >= 0.6 is 0 Å². The molecule has 0 bridgehead atoms. The van der Waals surface area contributed by atoms with Crippen LogP contribution in [0.5, 0.6) is 0 Å². The van der Waals surface area contributed by atoms with Crippen LogP contribution in [0.15, 0.2) is 24.3 Å². The SMILES string of the molecule is C[C@H](OC(=O)CN1C(=O)CN(C)C1=O)C(=O)c1ccc(F)cc1. The summed E-state index contributed by atoms with van der Waals surface area (Å²) < 4.78 is 17.8. The van der Waals surface area contributed by atoms with Crippen LogP contribution in [0.25, 0.3) is 0 Å². The average Bonchev–Trinajstić information content (AvgIpc) is 2.73. The minimum Gasteiger partial charge on any atom is -0.453 e. The highest BCUT2D eigenvalue weighted by atomic mass is 19.1. The van der Waals surface area contributed by atoms with Crippen molar-refractivity contribution in [2.75, 3.05) is 20.1 Å². The van der Waals surface area contributed by atoms with Crippen molar-refractivity contribution in [2.45, 2.75) is 13.0 Å². The second-order valence-corrected chi connectivity index (χ2v) is 5.12. The molecule has 0 N–H and O–H groups in total. The van der Waals surface area contributed by atoms with E-state index in [1.54, 1.807) is 0 Å². The zero-order valence-corrected chi connectivity index (χ0v) is 12.6. The highest BCUT2D eigenvalue weighted by molar-refractivity contribution is 6.04. The van der Waals surface area contributed by atoms with E-state index in [0.29, 0.717) is 0 Å². The van der Waals surface area contributed by atoms with E-state index in [1.165, 1.54) is 31.0 Å². The Balaban J connectivity index is 1.94. The molecule has 0 aliphatic carbocycles. The number of nitrogens with zero attached hydrogens (tertiary/aromatic N) is 2. The van der Waals surface area contributed by atoms with E-state index in [9.17, 15) is 23.6 Å². The molecule has 2 rings (SSSR count). The van der Waals surface area contributed by atoms with E-state index in [2.05, 4.69) is 0 Å². The molecule has 1 atom stereocenters. The molecule has 1 heterocycles. The molecule has 0 aromatic heterocycles.